The van der Waals surface area contributed by atoms with Gasteiger partial charge in [0.05, 0.1) is 6.26 Å². The van der Waals surface area contributed by atoms with Crippen LogP contribution in [0.5, 0.6) is 5.75 Å². The summed E-state index contributed by atoms with van der Waals surface area (Å²) in [7, 11) is 0. The van der Waals surface area contributed by atoms with Crippen LogP contribution in [0.2, 0.25) is 0 Å². The molecule has 1 rings (SSSR count). The molecule has 0 atom stereocenters. The van der Waals surface area contributed by atoms with Crippen LogP contribution in [-0.2, 0) is 6.42 Å². The summed E-state index contributed by atoms with van der Waals surface area (Å²) in [6, 6.07) is 1.77. The second-order valence-electron chi connectivity index (χ2n) is 2.31. The lowest BCUT2D eigenvalue weighted by Gasteiger charge is -2.07. The lowest BCUT2D eigenvalue weighted by molar-refractivity contribution is 0.477. The smallest absolute Gasteiger partial charge is 0.134 e. The number of aromatic nitrogens is 1. The van der Waals surface area contributed by atoms with Crippen LogP contribution in [0.25, 0.3) is 0 Å². The van der Waals surface area contributed by atoms with Crippen molar-refractivity contribution in [3.63, 3.8) is 0 Å². The molecule has 1 aromatic rings. The Morgan fingerprint density at radius 2 is 2.50 bits per heavy atom. The molecule has 0 amide bonds. The summed E-state index contributed by atoms with van der Waals surface area (Å²) < 4.78 is 5.15. The molecule has 0 fully saturated rings. The highest BCUT2D eigenvalue weighted by molar-refractivity contribution is 5.48. The van der Waals surface area contributed by atoms with E-state index in [1.165, 1.54) is 6.26 Å². The minimum absolute atomic E-state index is 0.525. The SMILES string of the molecule is C=COc1ccnc(N)c1CC. The van der Waals surface area contributed by atoms with Crippen molar-refractivity contribution in [2.24, 2.45) is 0 Å². The fourth-order valence-electron chi connectivity index (χ4n) is 1.05. The Morgan fingerprint density at radius 1 is 1.75 bits per heavy atom. The second-order valence-corrected chi connectivity index (χ2v) is 2.31. The lowest BCUT2D eigenvalue weighted by Crippen LogP contribution is -1.98. The fraction of sp³-hybridized carbons (Fsp3) is 0.222. The van der Waals surface area contributed by atoms with Gasteiger partial charge in [0.15, 0.2) is 0 Å². The molecule has 0 saturated heterocycles. The molecule has 0 unspecified atom stereocenters. The zero-order chi connectivity index (χ0) is 8.97. The number of hydrogen-bond acceptors (Lipinski definition) is 3. The molecule has 0 spiro atoms. The highest BCUT2D eigenvalue weighted by Gasteiger charge is 2.04. The molecule has 0 aliphatic carbocycles. The first-order valence-electron chi connectivity index (χ1n) is 3.80. The van der Waals surface area contributed by atoms with E-state index in [2.05, 4.69) is 11.6 Å². The molecule has 0 aliphatic rings. The molecule has 3 heteroatoms. The highest BCUT2D eigenvalue weighted by Crippen LogP contribution is 2.22. The van der Waals surface area contributed by atoms with Gasteiger partial charge in [-0.15, -0.1) is 0 Å². The predicted octanol–water partition coefficient (Wildman–Crippen LogP) is 1.75. The van der Waals surface area contributed by atoms with Crippen molar-refractivity contribution in [2.45, 2.75) is 13.3 Å². The number of pyridine rings is 1. The highest BCUT2D eigenvalue weighted by atomic mass is 16.5. The summed E-state index contributed by atoms with van der Waals surface area (Å²) in [6.07, 6.45) is 3.81. The molecule has 3 nitrogen and oxygen atoms in total. The quantitative estimate of drug-likeness (QED) is 0.692. The topological polar surface area (TPSA) is 48.1 Å². The van der Waals surface area contributed by atoms with Crippen LogP contribution in [0.4, 0.5) is 5.82 Å². The van der Waals surface area contributed by atoms with Gasteiger partial charge in [0.2, 0.25) is 0 Å². The lowest BCUT2D eigenvalue weighted by atomic mass is 10.2. The molecule has 64 valence electrons. The molecule has 2 N–H and O–H groups in total. The first-order chi connectivity index (χ1) is 5.79. The largest absolute Gasteiger partial charge is 0.465 e. The van der Waals surface area contributed by atoms with Crippen molar-refractivity contribution in [3.8, 4) is 5.75 Å². The van der Waals surface area contributed by atoms with E-state index in [9.17, 15) is 0 Å². The third-order valence-electron chi connectivity index (χ3n) is 1.61. The van der Waals surface area contributed by atoms with Gasteiger partial charge in [-0.2, -0.15) is 0 Å². The van der Waals surface area contributed by atoms with Gasteiger partial charge in [-0.05, 0) is 12.5 Å². The standard InChI is InChI=1S/C9H12N2O/c1-3-7-8(12-4-2)5-6-11-9(7)10/h4-6H,2-3H2,1H3,(H2,10,11). The zero-order valence-electron chi connectivity index (χ0n) is 7.08. The summed E-state index contributed by atoms with van der Waals surface area (Å²) in [5.41, 5.74) is 6.56. The fourth-order valence-corrected chi connectivity index (χ4v) is 1.05. The molecule has 1 aromatic heterocycles. The van der Waals surface area contributed by atoms with E-state index >= 15 is 0 Å². The minimum Gasteiger partial charge on any atom is -0.465 e. The van der Waals surface area contributed by atoms with Crippen molar-refractivity contribution >= 4 is 5.82 Å². The van der Waals surface area contributed by atoms with Gasteiger partial charge in [-0.3, -0.25) is 0 Å². The third-order valence-corrected chi connectivity index (χ3v) is 1.61. The predicted molar refractivity (Wildman–Crippen MR) is 48.9 cm³/mol. The van der Waals surface area contributed by atoms with Gasteiger partial charge in [0.1, 0.15) is 11.6 Å². The molecule has 12 heavy (non-hydrogen) atoms. The molecule has 0 aliphatic heterocycles. The third kappa shape index (κ3) is 1.56. The maximum atomic E-state index is 5.64. The van der Waals surface area contributed by atoms with Crippen molar-refractivity contribution in [3.05, 3.63) is 30.7 Å². The van der Waals surface area contributed by atoms with E-state index in [0.717, 1.165) is 17.7 Å². The number of nitrogens with zero attached hydrogens (tertiary/aromatic N) is 1. The molecule has 0 saturated carbocycles. The van der Waals surface area contributed by atoms with Crippen molar-refractivity contribution in [1.29, 1.82) is 0 Å². The van der Waals surface area contributed by atoms with E-state index < -0.39 is 0 Å². The van der Waals surface area contributed by atoms with Gasteiger partial charge in [-0.25, -0.2) is 4.98 Å². The van der Waals surface area contributed by atoms with E-state index in [1.807, 2.05) is 6.92 Å². The van der Waals surface area contributed by atoms with E-state index in [1.54, 1.807) is 12.3 Å². The van der Waals surface area contributed by atoms with Crippen LogP contribution in [0, 0.1) is 0 Å². The molecule has 0 bridgehead atoms. The Balaban J connectivity index is 3.08. The Kier molecular flexibility index (Phi) is 2.69. The number of nitrogen functional groups attached to an aromatic ring is 1. The number of nitrogens with two attached hydrogens (primary N) is 1. The van der Waals surface area contributed by atoms with Gasteiger partial charge in [0, 0.05) is 11.8 Å². The second kappa shape index (κ2) is 3.76. The van der Waals surface area contributed by atoms with Crippen LogP contribution < -0.4 is 10.5 Å². The van der Waals surface area contributed by atoms with E-state index in [4.69, 9.17) is 10.5 Å². The van der Waals surface area contributed by atoms with Crippen molar-refractivity contribution in [1.82, 2.24) is 4.98 Å². The average molecular weight is 164 g/mol. The van der Waals surface area contributed by atoms with Crippen LogP contribution in [0.1, 0.15) is 12.5 Å². The Morgan fingerprint density at radius 3 is 3.08 bits per heavy atom. The summed E-state index contributed by atoms with van der Waals surface area (Å²) in [6.45, 7) is 5.48. The van der Waals surface area contributed by atoms with Crippen LogP contribution >= 0.6 is 0 Å². The first kappa shape index (κ1) is 8.59. The van der Waals surface area contributed by atoms with Gasteiger partial charge in [-0.1, -0.05) is 13.5 Å². The molecular weight excluding hydrogens is 152 g/mol. The van der Waals surface area contributed by atoms with E-state index in [-0.39, 0.29) is 0 Å². The molecule has 0 radical (unpaired) electrons. The van der Waals surface area contributed by atoms with Crippen molar-refractivity contribution < 1.29 is 4.74 Å². The molecule has 1 heterocycles. The summed E-state index contributed by atoms with van der Waals surface area (Å²) >= 11 is 0. The van der Waals surface area contributed by atoms with Crippen molar-refractivity contribution in [2.75, 3.05) is 5.73 Å². The first-order valence-corrected chi connectivity index (χ1v) is 3.80. The minimum atomic E-state index is 0.525. The average Bonchev–Trinajstić information content (AvgIpc) is 2.05. The van der Waals surface area contributed by atoms with Gasteiger partial charge < -0.3 is 10.5 Å². The number of anilines is 1. The normalized spacial score (nSPS) is 9.42. The van der Waals surface area contributed by atoms with Crippen LogP contribution in [-0.4, -0.2) is 4.98 Å². The maximum Gasteiger partial charge on any atom is 0.134 e. The number of rotatable bonds is 3. The Hall–Kier alpha value is -1.51. The number of hydrogen-bond donors (Lipinski definition) is 1. The molecule has 0 aromatic carbocycles. The van der Waals surface area contributed by atoms with Gasteiger partial charge in [0.25, 0.3) is 0 Å². The van der Waals surface area contributed by atoms with E-state index in [0.29, 0.717) is 5.82 Å². The Bertz CT molecular complexity index is 284. The zero-order valence-corrected chi connectivity index (χ0v) is 7.08. The summed E-state index contributed by atoms with van der Waals surface area (Å²) in [5.74, 6) is 1.26. The summed E-state index contributed by atoms with van der Waals surface area (Å²) in [5, 5.41) is 0. The number of ether oxygens (including phenoxy) is 1. The Labute approximate surface area is 71.9 Å². The van der Waals surface area contributed by atoms with Crippen LogP contribution in [0.15, 0.2) is 25.1 Å². The summed E-state index contributed by atoms with van der Waals surface area (Å²) in [4.78, 5) is 3.96. The molecular formula is C9H12N2O. The monoisotopic (exact) mass is 164 g/mol. The van der Waals surface area contributed by atoms with Gasteiger partial charge >= 0.3 is 0 Å². The van der Waals surface area contributed by atoms with Crippen LogP contribution in [0.3, 0.4) is 0 Å². The maximum absolute atomic E-state index is 5.64.